The number of para-hydroxylation sites is 1. The molecule has 1 aromatic heterocycles. The molecule has 1 amide bonds. The van der Waals surface area contributed by atoms with Crippen LogP contribution in [-0.2, 0) is 16.0 Å². The van der Waals surface area contributed by atoms with E-state index in [0.717, 1.165) is 16.5 Å². The molecule has 30 heavy (non-hydrogen) atoms. The Bertz CT molecular complexity index is 1170. The normalized spacial score (nSPS) is 14.8. The lowest BCUT2D eigenvalue weighted by molar-refractivity contribution is -0.116. The van der Waals surface area contributed by atoms with Crippen LogP contribution in [0.4, 0.5) is 0 Å². The number of aromatic amines is 1. The van der Waals surface area contributed by atoms with E-state index in [-0.39, 0.29) is 18.3 Å². The summed E-state index contributed by atoms with van der Waals surface area (Å²) in [5.74, 6) is -0.549. The molecule has 1 aliphatic rings. The lowest BCUT2D eigenvalue weighted by Gasteiger charge is -2.05. The maximum Gasteiger partial charge on any atom is 0.340 e. The fraction of sp³-hybridized carbons (Fsp3) is 0.174. The van der Waals surface area contributed by atoms with E-state index >= 15 is 0 Å². The molecule has 0 unspecified atom stereocenters. The summed E-state index contributed by atoms with van der Waals surface area (Å²) >= 11 is 0. The van der Waals surface area contributed by atoms with Crippen molar-refractivity contribution in [3.05, 3.63) is 70.9 Å². The highest BCUT2D eigenvalue weighted by Crippen LogP contribution is 2.26. The van der Waals surface area contributed by atoms with Crippen LogP contribution in [0.1, 0.15) is 35.0 Å². The molecule has 1 aliphatic heterocycles. The Morgan fingerprint density at radius 3 is 2.67 bits per heavy atom. The molecule has 2 aromatic carbocycles. The Morgan fingerprint density at radius 1 is 1.13 bits per heavy atom. The van der Waals surface area contributed by atoms with Gasteiger partial charge in [-0.1, -0.05) is 30.3 Å². The number of nitrogens with zero attached hydrogens (tertiary/aromatic N) is 1. The molecule has 3 aromatic rings. The quantitative estimate of drug-likeness (QED) is 0.432. The second kappa shape index (κ2) is 8.24. The molecule has 2 heterocycles. The number of hydrazone groups is 1. The van der Waals surface area contributed by atoms with E-state index in [9.17, 15) is 14.7 Å². The van der Waals surface area contributed by atoms with E-state index in [1.54, 1.807) is 25.1 Å². The predicted molar refractivity (Wildman–Crippen MR) is 114 cm³/mol. The van der Waals surface area contributed by atoms with Crippen LogP contribution < -0.4 is 5.43 Å². The van der Waals surface area contributed by atoms with E-state index in [1.807, 2.05) is 36.4 Å². The summed E-state index contributed by atoms with van der Waals surface area (Å²) in [6.07, 6.45) is 2.84. The Labute approximate surface area is 173 Å². The fourth-order valence-corrected chi connectivity index (χ4v) is 3.47. The van der Waals surface area contributed by atoms with Crippen molar-refractivity contribution < 1.29 is 19.4 Å². The predicted octanol–water partition coefficient (Wildman–Crippen LogP) is 3.55. The minimum atomic E-state index is -0.442. The third-order valence-corrected chi connectivity index (χ3v) is 4.94. The molecule has 7 nitrogen and oxygen atoms in total. The molecule has 7 heteroatoms. The number of ether oxygens (including phenoxy) is 1. The van der Waals surface area contributed by atoms with E-state index in [4.69, 9.17) is 4.74 Å². The molecular formula is C23H21N3O4. The van der Waals surface area contributed by atoms with Crippen molar-refractivity contribution in [1.29, 1.82) is 0 Å². The number of hydrogen-bond acceptors (Lipinski definition) is 5. The largest absolute Gasteiger partial charge is 0.508 e. The van der Waals surface area contributed by atoms with Crippen LogP contribution in [0.5, 0.6) is 5.75 Å². The van der Waals surface area contributed by atoms with Gasteiger partial charge in [-0.2, -0.15) is 5.10 Å². The summed E-state index contributed by atoms with van der Waals surface area (Å²) < 4.78 is 5.23. The summed E-state index contributed by atoms with van der Waals surface area (Å²) in [6, 6.07) is 14.4. The molecule has 3 N–H and O–H groups in total. The van der Waals surface area contributed by atoms with E-state index in [2.05, 4.69) is 15.5 Å². The van der Waals surface area contributed by atoms with Crippen molar-refractivity contribution in [2.75, 3.05) is 6.61 Å². The highest BCUT2D eigenvalue weighted by Gasteiger charge is 2.25. The third-order valence-electron chi connectivity index (χ3n) is 4.94. The topological polar surface area (TPSA) is 104 Å². The first-order valence-corrected chi connectivity index (χ1v) is 9.71. The lowest BCUT2D eigenvalue weighted by atomic mass is 10.0. The number of aromatic nitrogens is 1. The number of phenols is 1. The van der Waals surface area contributed by atoms with Crippen LogP contribution in [0.25, 0.3) is 17.0 Å². The Kier molecular flexibility index (Phi) is 5.34. The fourth-order valence-electron chi connectivity index (χ4n) is 3.47. The average Bonchev–Trinajstić information content (AvgIpc) is 3.28. The molecule has 152 valence electrons. The number of aryl methyl sites for hydroxylation is 1. The SMILES string of the molecule is CCOC(=O)c1c(/C=C2\C(=O)NN=C2CCc2ccc(O)cc2)[nH]c2ccccc12. The van der Waals surface area contributed by atoms with Crippen molar-refractivity contribution in [3.8, 4) is 5.75 Å². The van der Waals surface area contributed by atoms with Gasteiger partial charge in [-0.15, -0.1) is 0 Å². The number of carbonyl (C=O) groups is 2. The summed E-state index contributed by atoms with van der Waals surface area (Å²) in [5, 5.41) is 14.3. The monoisotopic (exact) mass is 403 g/mol. The summed E-state index contributed by atoms with van der Waals surface area (Å²) in [5.41, 5.74) is 6.24. The standard InChI is InChI=1S/C23H21N3O4/c1-2-30-23(29)21-16-5-3-4-6-18(16)24-20(21)13-17-19(25-26-22(17)28)12-9-14-7-10-15(27)11-8-14/h3-8,10-11,13,24,27H,2,9,12H2,1H3,(H,26,28)/b17-13-. The van der Waals surface area contributed by atoms with Gasteiger partial charge >= 0.3 is 5.97 Å². The van der Waals surface area contributed by atoms with Crippen molar-refractivity contribution in [3.63, 3.8) is 0 Å². The number of amides is 1. The molecule has 0 saturated carbocycles. The zero-order chi connectivity index (χ0) is 21.1. The summed E-state index contributed by atoms with van der Waals surface area (Å²) in [7, 11) is 0. The highest BCUT2D eigenvalue weighted by atomic mass is 16.5. The number of benzene rings is 2. The van der Waals surface area contributed by atoms with Gasteiger partial charge in [-0.3, -0.25) is 4.79 Å². The lowest BCUT2D eigenvalue weighted by Crippen LogP contribution is -2.14. The van der Waals surface area contributed by atoms with Gasteiger partial charge in [0.25, 0.3) is 5.91 Å². The maximum absolute atomic E-state index is 12.6. The smallest absolute Gasteiger partial charge is 0.340 e. The molecule has 0 saturated heterocycles. The Balaban J connectivity index is 1.67. The number of aromatic hydroxyl groups is 1. The first-order chi connectivity index (χ1) is 14.6. The Morgan fingerprint density at radius 2 is 1.90 bits per heavy atom. The molecule has 0 spiro atoms. The molecule has 0 radical (unpaired) electrons. The first kappa shape index (κ1) is 19.4. The van der Waals surface area contributed by atoms with Crippen LogP contribution in [0.2, 0.25) is 0 Å². The van der Waals surface area contributed by atoms with Crippen LogP contribution in [0, 0.1) is 0 Å². The number of fused-ring (bicyclic) bond motifs is 1. The van der Waals surface area contributed by atoms with Gasteiger partial charge in [0.1, 0.15) is 5.75 Å². The number of carbonyl (C=O) groups excluding carboxylic acids is 2. The number of phenolic OH excluding ortho intramolecular Hbond substituents is 1. The van der Waals surface area contributed by atoms with Gasteiger partial charge in [-0.25, -0.2) is 10.2 Å². The van der Waals surface area contributed by atoms with Crippen LogP contribution in [0.15, 0.2) is 59.2 Å². The summed E-state index contributed by atoms with van der Waals surface area (Å²) in [4.78, 5) is 28.2. The second-order valence-corrected chi connectivity index (χ2v) is 6.90. The third kappa shape index (κ3) is 3.82. The average molecular weight is 403 g/mol. The van der Waals surface area contributed by atoms with E-state index in [1.165, 1.54) is 0 Å². The van der Waals surface area contributed by atoms with Gasteiger partial charge in [0.2, 0.25) is 0 Å². The van der Waals surface area contributed by atoms with Gasteiger partial charge < -0.3 is 14.8 Å². The molecule has 0 bridgehead atoms. The van der Waals surface area contributed by atoms with Crippen LogP contribution >= 0.6 is 0 Å². The van der Waals surface area contributed by atoms with Gasteiger partial charge in [-0.05, 0) is 49.6 Å². The zero-order valence-corrected chi connectivity index (χ0v) is 16.4. The molecule has 4 rings (SSSR count). The number of nitrogens with one attached hydrogen (secondary N) is 2. The van der Waals surface area contributed by atoms with Gasteiger partial charge in [0.05, 0.1) is 29.1 Å². The molecule has 0 aliphatic carbocycles. The van der Waals surface area contributed by atoms with Crippen LogP contribution in [0.3, 0.4) is 0 Å². The van der Waals surface area contributed by atoms with E-state index in [0.29, 0.717) is 35.4 Å². The second-order valence-electron chi connectivity index (χ2n) is 6.90. The Hall–Kier alpha value is -3.87. The van der Waals surface area contributed by atoms with Crippen molar-refractivity contribution in [2.24, 2.45) is 5.10 Å². The molecule has 0 atom stereocenters. The van der Waals surface area contributed by atoms with E-state index < -0.39 is 5.97 Å². The number of esters is 1. The first-order valence-electron chi connectivity index (χ1n) is 9.71. The molecular weight excluding hydrogens is 382 g/mol. The van der Waals surface area contributed by atoms with Crippen molar-refractivity contribution in [2.45, 2.75) is 19.8 Å². The maximum atomic E-state index is 12.6. The zero-order valence-electron chi connectivity index (χ0n) is 16.4. The highest BCUT2D eigenvalue weighted by molar-refractivity contribution is 6.28. The van der Waals surface area contributed by atoms with Crippen LogP contribution in [-0.4, -0.2) is 34.3 Å². The minimum Gasteiger partial charge on any atom is -0.508 e. The number of rotatable bonds is 6. The number of H-pyrrole nitrogens is 1. The van der Waals surface area contributed by atoms with Crippen molar-refractivity contribution in [1.82, 2.24) is 10.4 Å². The van der Waals surface area contributed by atoms with Gasteiger partial charge in [0, 0.05) is 10.9 Å². The summed E-state index contributed by atoms with van der Waals surface area (Å²) in [6.45, 7) is 2.01. The molecule has 0 fully saturated rings. The van der Waals surface area contributed by atoms with Crippen molar-refractivity contribution >= 4 is 34.6 Å². The number of hydrogen-bond donors (Lipinski definition) is 3. The van der Waals surface area contributed by atoms with Gasteiger partial charge in [0.15, 0.2) is 0 Å². The minimum absolute atomic E-state index is 0.208.